The fourth-order valence-electron chi connectivity index (χ4n) is 1.40. The van der Waals surface area contributed by atoms with E-state index < -0.39 is 11.7 Å². The molecule has 0 saturated heterocycles. The van der Waals surface area contributed by atoms with Gasteiger partial charge in [0.05, 0.1) is 5.56 Å². The number of nitrogens with two attached hydrogens (primary N) is 1. The predicted octanol–water partition coefficient (Wildman–Crippen LogP) is 2.75. The third kappa shape index (κ3) is 3.19. The van der Waals surface area contributed by atoms with Crippen molar-refractivity contribution in [2.24, 2.45) is 5.73 Å². The number of nitrogens with zero attached hydrogens (tertiary/aromatic N) is 2. The first-order valence-electron chi connectivity index (χ1n) is 5.35. The second-order valence-electron chi connectivity index (χ2n) is 3.68. The average molecular weight is 269 g/mol. The van der Waals surface area contributed by atoms with E-state index in [1.54, 1.807) is 0 Å². The van der Waals surface area contributed by atoms with Crippen LogP contribution in [0.25, 0.3) is 0 Å². The van der Waals surface area contributed by atoms with Gasteiger partial charge in [0, 0.05) is 18.3 Å². The lowest BCUT2D eigenvalue weighted by Gasteiger charge is -2.09. The van der Waals surface area contributed by atoms with E-state index in [1.165, 1.54) is 24.7 Å². The number of benzene rings is 1. The van der Waals surface area contributed by atoms with Crippen molar-refractivity contribution in [2.75, 3.05) is 0 Å². The number of ether oxygens (including phenoxy) is 1. The van der Waals surface area contributed by atoms with E-state index in [9.17, 15) is 13.2 Å². The monoisotopic (exact) mass is 269 g/mol. The van der Waals surface area contributed by atoms with Crippen molar-refractivity contribution in [3.63, 3.8) is 0 Å². The average Bonchev–Trinajstić information content (AvgIpc) is 2.39. The molecule has 19 heavy (non-hydrogen) atoms. The van der Waals surface area contributed by atoms with Crippen LogP contribution in [-0.2, 0) is 12.7 Å². The maximum atomic E-state index is 12.4. The minimum atomic E-state index is -4.37. The highest BCUT2D eigenvalue weighted by Gasteiger charge is 2.30. The Bertz CT molecular complexity index is 555. The van der Waals surface area contributed by atoms with Crippen molar-refractivity contribution in [1.29, 1.82) is 0 Å². The van der Waals surface area contributed by atoms with E-state index in [2.05, 4.69) is 9.97 Å². The second-order valence-corrected chi connectivity index (χ2v) is 3.68. The molecule has 4 nitrogen and oxygen atoms in total. The van der Waals surface area contributed by atoms with Gasteiger partial charge < -0.3 is 10.5 Å². The molecule has 0 spiro atoms. The molecule has 0 atom stereocenters. The maximum Gasteiger partial charge on any atom is 0.416 e. The zero-order valence-electron chi connectivity index (χ0n) is 9.69. The molecule has 2 aromatic rings. The van der Waals surface area contributed by atoms with Gasteiger partial charge in [-0.15, -0.1) is 0 Å². The third-order valence-corrected chi connectivity index (χ3v) is 2.36. The Morgan fingerprint density at radius 1 is 1.16 bits per heavy atom. The van der Waals surface area contributed by atoms with Crippen LogP contribution in [0.3, 0.4) is 0 Å². The fraction of sp³-hybridized carbons (Fsp3) is 0.167. The van der Waals surface area contributed by atoms with Gasteiger partial charge >= 0.3 is 6.18 Å². The van der Waals surface area contributed by atoms with Crippen LogP contribution >= 0.6 is 0 Å². The zero-order valence-corrected chi connectivity index (χ0v) is 9.69. The Kier molecular flexibility index (Phi) is 3.66. The van der Waals surface area contributed by atoms with Crippen molar-refractivity contribution in [1.82, 2.24) is 9.97 Å². The van der Waals surface area contributed by atoms with Gasteiger partial charge in [0.25, 0.3) is 0 Å². The van der Waals surface area contributed by atoms with Crippen molar-refractivity contribution in [3.05, 3.63) is 47.9 Å². The van der Waals surface area contributed by atoms with E-state index in [1.807, 2.05) is 0 Å². The maximum absolute atomic E-state index is 12.4. The molecule has 1 aromatic carbocycles. The normalized spacial score (nSPS) is 11.4. The summed E-state index contributed by atoms with van der Waals surface area (Å²) in [6.45, 7) is 0.177. The summed E-state index contributed by atoms with van der Waals surface area (Å²) in [6.07, 6.45) is -1.60. The minimum absolute atomic E-state index is 0.177. The lowest BCUT2D eigenvalue weighted by Crippen LogP contribution is -2.04. The van der Waals surface area contributed by atoms with Crippen molar-refractivity contribution < 1.29 is 17.9 Å². The molecule has 0 aliphatic carbocycles. The molecule has 0 radical (unpaired) electrons. The minimum Gasteiger partial charge on any atom is -0.439 e. The van der Waals surface area contributed by atoms with Gasteiger partial charge in [-0.05, 0) is 24.3 Å². The van der Waals surface area contributed by atoms with Gasteiger partial charge in [-0.1, -0.05) is 0 Å². The number of halogens is 3. The summed E-state index contributed by atoms with van der Waals surface area (Å²) in [4.78, 5) is 7.66. The Labute approximate surface area is 107 Å². The van der Waals surface area contributed by atoms with Gasteiger partial charge in [-0.3, -0.25) is 0 Å². The molecule has 2 rings (SSSR count). The van der Waals surface area contributed by atoms with E-state index in [0.29, 0.717) is 5.56 Å². The summed E-state index contributed by atoms with van der Waals surface area (Å²) < 4.78 is 42.5. The standard InChI is InChI=1S/C12H10F3N3O/c13-12(14,15)9-1-3-10(4-2-9)19-11-8(5-16)6-17-7-18-11/h1-4,6-7H,5,16H2. The van der Waals surface area contributed by atoms with E-state index in [0.717, 1.165) is 12.1 Å². The van der Waals surface area contributed by atoms with Gasteiger partial charge in [-0.2, -0.15) is 13.2 Å². The van der Waals surface area contributed by atoms with Crippen molar-refractivity contribution in [2.45, 2.75) is 12.7 Å². The highest BCUT2D eigenvalue weighted by atomic mass is 19.4. The van der Waals surface area contributed by atoms with Gasteiger partial charge in [0.1, 0.15) is 12.1 Å². The quantitative estimate of drug-likeness (QED) is 0.930. The Balaban J connectivity index is 2.20. The predicted molar refractivity (Wildman–Crippen MR) is 61.4 cm³/mol. The molecule has 0 aliphatic rings. The largest absolute Gasteiger partial charge is 0.439 e. The van der Waals surface area contributed by atoms with Crippen molar-refractivity contribution >= 4 is 0 Å². The van der Waals surface area contributed by atoms with E-state index >= 15 is 0 Å². The highest BCUT2D eigenvalue weighted by Crippen LogP contribution is 2.31. The third-order valence-electron chi connectivity index (χ3n) is 2.36. The molecular formula is C12H10F3N3O. The molecule has 0 bridgehead atoms. The molecule has 0 fully saturated rings. The molecular weight excluding hydrogens is 259 g/mol. The summed E-state index contributed by atoms with van der Waals surface area (Å²) in [5, 5.41) is 0. The van der Waals surface area contributed by atoms with Crippen LogP contribution in [0.5, 0.6) is 11.6 Å². The molecule has 0 amide bonds. The summed E-state index contributed by atoms with van der Waals surface area (Å²) in [7, 11) is 0. The summed E-state index contributed by atoms with van der Waals surface area (Å²) in [5.41, 5.74) is 5.31. The molecule has 2 N–H and O–H groups in total. The Morgan fingerprint density at radius 2 is 1.84 bits per heavy atom. The smallest absolute Gasteiger partial charge is 0.416 e. The first-order chi connectivity index (χ1) is 9.00. The molecule has 0 saturated carbocycles. The number of hydrogen-bond donors (Lipinski definition) is 1. The lowest BCUT2D eigenvalue weighted by molar-refractivity contribution is -0.137. The Hall–Kier alpha value is -2.15. The topological polar surface area (TPSA) is 61.0 Å². The van der Waals surface area contributed by atoms with E-state index in [4.69, 9.17) is 10.5 Å². The first-order valence-corrected chi connectivity index (χ1v) is 5.35. The van der Waals surface area contributed by atoms with Crippen LogP contribution in [-0.4, -0.2) is 9.97 Å². The van der Waals surface area contributed by atoms with Crippen LogP contribution in [0.1, 0.15) is 11.1 Å². The summed E-state index contributed by atoms with van der Waals surface area (Å²) in [6, 6.07) is 4.34. The highest BCUT2D eigenvalue weighted by molar-refractivity contribution is 5.33. The molecule has 7 heteroatoms. The van der Waals surface area contributed by atoms with Crippen molar-refractivity contribution in [3.8, 4) is 11.6 Å². The number of aromatic nitrogens is 2. The Morgan fingerprint density at radius 3 is 2.42 bits per heavy atom. The fourth-order valence-corrected chi connectivity index (χ4v) is 1.40. The summed E-state index contributed by atoms with van der Waals surface area (Å²) >= 11 is 0. The lowest BCUT2D eigenvalue weighted by atomic mass is 10.2. The number of rotatable bonds is 3. The first kappa shape index (κ1) is 13.3. The van der Waals surface area contributed by atoms with E-state index in [-0.39, 0.29) is 18.2 Å². The molecule has 1 heterocycles. The SMILES string of the molecule is NCc1cncnc1Oc1ccc(C(F)(F)F)cc1. The van der Waals surface area contributed by atoms with Gasteiger partial charge in [-0.25, -0.2) is 9.97 Å². The molecule has 100 valence electrons. The molecule has 0 unspecified atom stereocenters. The number of hydrogen-bond acceptors (Lipinski definition) is 4. The van der Waals surface area contributed by atoms with Crippen LogP contribution in [0, 0.1) is 0 Å². The zero-order chi connectivity index (χ0) is 13.9. The van der Waals surface area contributed by atoms with Crippen LogP contribution < -0.4 is 10.5 Å². The second kappa shape index (κ2) is 5.23. The van der Waals surface area contributed by atoms with Gasteiger partial charge in [0.15, 0.2) is 0 Å². The number of alkyl halides is 3. The van der Waals surface area contributed by atoms with Gasteiger partial charge in [0.2, 0.25) is 5.88 Å². The van der Waals surface area contributed by atoms with Crippen LogP contribution in [0.2, 0.25) is 0 Å². The van der Waals surface area contributed by atoms with Crippen LogP contribution in [0.4, 0.5) is 13.2 Å². The molecule has 1 aromatic heterocycles. The van der Waals surface area contributed by atoms with Crippen LogP contribution in [0.15, 0.2) is 36.8 Å². The summed E-state index contributed by atoms with van der Waals surface area (Å²) in [5.74, 6) is 0.485. The molecule has 0 aliphatic heterocycles.